The third-order valence-corrected chi connectivity index (χ3v) is 3.50. The lowest BCUT2D eigenvalue weighted by Gasteiger charge is -2.27. The summed E-state index contributed by atoms with van der Waals surface area (Å²) in [6.45, 7) is 6.82. The number of ether oxygens (including phenoxy) is 1. The zero-order chi connectivity index (χ0) is 13.7. The molecule has 0 saturated heterocycles. The van der Waals surface area contributed by atoms with E-state index in [0.717, 1.165) is 5.56 Å². The van der Waals surface area contributed by atoms with Crippen molar-refractivity contribution in [3.05, 3.63) is 34.1 Å². The third kappa shape index (κ3) is 4.34. The Kier molecular flexibility index (Phi) is 6.26. The highest BCUT2D eigenvalue weighted by atomic mass is 79.9. The normalized spacial score (nSPS) is 14.8. The number of nitrogens with two attached hydrogens (primary N) is 1. The van der Waals surface area contributed by atoms with Crippen LogP contribution in [0.15, 0.2) is 22.7 Å². The fraction of sp³-hybridized carbons (Fsp3) is 0.571. The van der Waals surface area contributed by atoms with E-state index in [1.165, 1.54) is 6.07 Å². The molecule has 1 aromatic rings. The van der Waals surface area contributed by atoms with E-state index in [1.807, 2.05) is 6.92 Å². The molecule has 0 aliphatic heterocycles. The van der Waals surface area contributed by atoms with E-state index < -0.39 is 0 Å². The third-order valence-electron chi connectivity index (χ3n) is 2.89. The van der Waals surface area contributed by atoms with Crippen molar-refractivity contribution in [1.82, 2.24) is 0 Å². The van der Waals surface area contributed by atoms with Crippen LogP contribution in [0, 0.1) is 11.7 Å². The zero-order valence-corrected chi connectivity index (χ0v) is 12.7. The first kappa shape index (κ1) is 15.6. The van der Waals surface area contributed by atoms with Crippen molar-refractivity contribution in [2.45, 2.75) is 39.3 Å². The molecule has 102 valence electrons. The Morgan fingerprint density at radius 3 is 2.56 bits per heavy atom. The largest absolute Gasteiger partial charge is 0.377 e. The second-order valence-electron chi connectivity index (χ2n) is 4.78. The Morgan fingerprint density at radius 2 is 2.06 bits per heavy atom. The van der Waals surface area contributed by atoms with Crippen molar-refractivity contribution in [3.8, 4) is 0 Å². The molecule has 2 unspecified atom stereocenters. The molecule has 18 heavy (non-hydrogen) atoms. The maximum Gasteiger partial charge on any atom is 0.137 e. The second-order valence-corrected chi connectivity index (χ2v) is 5.63. The van der Waals surface area contributed by atoms with Gasteiger partial charge in [-0.1, -0.05) is 19.9 Å². The maximum absolute atomic E-state index is 13.1. The van der Waals surface area contributed by atoms with Crippen LogP contribution in [0.4, 0.5) is 4.39 Å². The molecule has 0 fully saturated rings. The van der Waals surface area contributed by atoms with Gasteiger partial charge in [0.25, 0.3) is 0 Å². The highest BCUT2D eigenvalue weighted by molar-refractivity contribution is 9.10. The van der Waals surface area contributed by atoms with Crippen LogP contribution in [0.3, 0.4) is 0 Å². The quantitative estimate of drug-likeness (QED) is 0.871. The fourth-order valence-electron chi connectivity index (χ4n) is 2.06. The highest BCUT2D eigenvalue weighted by Gasteiger charge is 2.22. The van der Waals surface area contributed by atoms with Gasteiger partial charge in [-0.2, -0.15) is 0 Å². The van der Waals surface area contributed by atoms with Crippen molar-refractivity contribution < 1.29 is 9.13 Å². The molecule has 2 nitrogen and oxygen atoms in total. The number of hydrogen-bond donors (Lipinski definition) is 1. The van der Waals surface area contributed by atoms with Gasteiger partial charge in [-0.25, -0.2) is 4.39 Å². The van der Waals surface area contributed by atoms with Crippen molar-refractivity contribution >= 4 is 15.9 Å². The lowest BCUT2D eigenvalue weighted by Crippen LogP contribution is -2.42. The first-order valence-corrected chi connectivity index (χ1v) is 7.06. The summed E-state index contributed by atoms with van der Waals surface area (Å²) in [7, 11) is 0. The summed E-state index contributed by atoms with van der Waals surface area (Å²) in [5, 5.41) is 0. The highest BCUT2D eigenvalue weighted by Crippen LogP contribution is 2.19. The molecular formula is C14H21BrFNO. The van der Waals surface area contributed by atoms with Crippen LogP contribution in [-0.4, -0.2) is 18.8 Å². The van der Waals surface area contributed by atoms with Gasteiger partial charge < -0.3 is 10.5 Å². The predicted octanol–water partition coefficient (Wildman–Crippen LogP) is 3.52. The molecule has 0 aliphatic carbocycles. The SMILES string of the molecule is CCOC(C(C)C)C(N)Cc1ccc(F)c(Br)c1. The minimum atomic E-state index is -0.252. The molecule has 0 aromatic heterocycles. The fourth-order valence-corrected chi connectivity index (χ4v) is 2.48. The average molecular weight is 318 g/mol. The lowest BCUT2D eigenvalue weighted by molar-refractivity contribution is 0.0128. The van der Waals surface area contributed by atoms with Crippen LogP contribution < -0.4 is 5.73 Å². The topological polar surface area (TPSA) is 35.2 Å². The van der Waals surface area contributed by atoms with Gasteiger partial charge in [0.2, 0.25) is 0 Å². The molecule has 0 radical (unpaired) electrons. The van der Waals surface area contributed by atoms with Gasteiger partial charge in [0.05, 0.1) is 10.6 Å². The van der Waals surface area contributed by atoms with E-state index in [9.17, 15) is 4.39 Å². The van der Waals surface area contributed by atoms with Crippen LogP contribution in [0.2, 0.25) is 0 Å². The summed E-state index contributed by atoms with van der Waals surface area (Å²) in [6, 6.07) is 4.92. The summed E-state index contributed by atoms with van der Waals surface area (Å²) in [6.07, 6.45) is 0.709. The molecule has 0 aliphatic rings. The van der Waals surface area contributed by atoms with Gasteiger partial charge in [-0.15, -0.1) is 0 Å². The van der Waals surface area contributed by atoms with Crippen LogP contribution in [-0.2, 0) is 11.2 Å². The van der Waals surface area contributed by atoms with Gasteiger partial charge in [0.15, 0.2) is 0 Å². The number of halogens is 2. The second kappa shape index (κ2) is 7.22. The average Bonchev–Trinajstić information content (AvgIpc) is 2.30. The smallest absolute Gasteiger partial charge is 0.137 e. The van der Waals surface area contributed by atoms with Gasteiger partial charge >= 0.3 is 0 Å². The molecule has 2 atom stereocenters. The van der Waals surface area contributed by atoms with E-state index >= 15 is 0 Å². The Balaban J connectivity index is 2.72. The minimum Gasteiger partial charge on any atom is -0.377 e. The first-order chi connectivity index (χ1) is 8.45. The van der Waals surface area contributed by atoms with Crippen molar-refractivity contribution in [1.29, 1.82) is 0 Å². The van der Waals surface area contributed by atoms with E-state index in [2.05, 4.69) is 29.8 Å². The molecule has 1 rings (SSSR count). The van der Waals surface area contributed by atoms with Crippen molar-refractivity contribution in [3.63, 3.8) is 0 Å². The van der Waals surface area contributed by atoms with Gasteiger partial charge in [-0.05, 0) is 52.9 Å². The van der Waals surface area contributed by atoms with Gasteiger partial charge in [-0.3, -0.25) is 0 Å². The molecule has 4 heteroatoms. The molecule has 0 heterocycles. The molecule has 0 bridgehead atoms. The summed E-state index contributed by atoms with van der Waals surface area (Å²) < 4.78 is 19.3. The van der Waals surface area contributed by atoms with Crippen LogP contribution in [0.25, 0.3) is 0 Å². The number of rotatable bonds is 6. The van der Waals surface area contributed by atoms with Crippen LogP contribution in [0.5, 0.6) is 0 Å². The van der Waals surface area contributed by atoms with E-state index in [0.29, 0.717) is 23.4 Å². The first-order valence-electron chi connectivity index (χ1n) is 6.26. The molecular weight excluding hydrogens is 297 g/mol. The van der Waals surface area contributed by atoms with Gasteiger partial charge in [0.1, 0.15) is 5.82 Å². The molecule has 0 spiro atoms. The summed E-state index contributed by atoms with van der Waals surface area (Å²) in [5.74, 6) is 0.112. The Hall–Kier alpha value is -0.450. The standard InChI is InChI=1S/C14H21BrFNO/c1-4-18-14(9(2)3)13(17)8-10-5-6-12(16)11(15)7-10/h5-7,9,13-14H,4,8,17H2,1-3H3. The Labute approximate surface area is 117 Å². The maximum atomic E-state index is 13.1. The molecule has 1 aromatic carbocycles. The summed E-state index contributed by atoms with van der Waals surface area (Å²) in [5.41, 5.74) is 7.21. The van der Waals surface area contributed by atoms with Crippen molar-refractivity contribution in [2.75, 3.05) is 6.61 Å². The molecule has 0 saturated carbocycles. The van der Waals surface area contributed by atoms with Crippen molar-refractivity contribution in [2.24, 2.45) is 11.7 Å². The summed E-state index contributed by atoms with van der Waals surface area (Å²) in [4.78, 5) is 0. The van der Waals surface area contributed by atoms with Crippen LogP contribution >= 0.6 is 15.9 Å². The van der Waals surface area contributed by atoms with Gasteiger partial charge in [0, 0.05) is 12.6 Å². The monoisotopic (exact) mass is 317 g/mol. The number of hydrogen-bond acceptors (Lipinski definition) is 2. The lowest BCUT2D eigenvalue weighted by atomic mass is 9.94. The molecule has 0 amide bonds. The Bertz CT molecular complexity index is 384. The minimum absolute atomic E-state index is 0.0267. The van der Waals surface area contributed by atoms with E-state index in [1.54, 1.807) is 12.1 Å². The number of benzene rings is 1. The van der Waals surface area contributed by atoms with Crippen LogP contribution in [0.1, 0.15) is 26.3 Å². The predicted molar refractivity (Wildman–Crippen MR) is 76.0 cm³/mol. The Morgan fingerprint density at radius 1 is 1.39 bits per heavy atom. The zero-order valence-electron chi connectivity index (χ0n) is 11.1. The van der Waals surface area contributed by atoms with E-state index in [-0.39, 0.29) is 18.0 Å². The summed E-state index contributed by atoms with van der Waals surface area (Å²) >= 11 is 3.19. The van der Waals surface area contributed by atoms with E-state index in [4.69, 9.17) is 10.5 Å². The molecule has 2 N–H and O–H groups in total.